The van der Waals surface area contributed by atoms with Crippen molar-refractivity contribution in [3.63, 3.8) is 0 Å². The smallest absolute Gasteiger partial charge is 0.344 e. The second-order valence-corrected chi connectivity index (χ2v) is 6.07. The van der Waals surface area contributed by atoms with Gasteiger partial charge in [-0.05, 0) is 53.7 Å². The van der Waals surface area contributed by atoms with Crippen LogP contribution >= 0.6 is 0 Å². The molecule has 4 nitrogen and oxygen atoms in total. The molecule has 0 aliphatic carbocycles. The number of carbonyl (C=O) groups is 1. The molecule has 0 unspecified atom stereocenters. The molecule has 1 aromatic heterocycles. The van der Waals surface area contributed by atoms with Crippen LogP contribution < -0.4 is 4.74 Å². The van der Waals surface area contributed by atoms with Crippen LogP contribution in [0, 0.1) is 0 Å². The summed E-state index contributed by atoms with van der Waals surface area (Å²) in [6.07, 6.45) is 1.59. The number of hydrogen-bond donors (Lipinski definition) is 0. The third-order valence-electron chi connectivity index (χ3n) is 1.79. The lowest BCUT2D eigenvalue weighted by molar-refractivity contribution is 0.00599. The van der Waals surface area contributed by atoms with E-state index in [9.17, 15) is 4.79 Å². The summed E-state index contributed by atoms with van der Waals surface area (Å²) in [6.45, 7) is 11.2. The van der Waals surface area contributed by atoms with Gasteiger partial charge in [-0.1, -0.05) is 0 Å². The second-order valence-electron chi connectivity index (χ2n) is 6.07. The fourth-order valence-corrected chi connectivity index (χ4v) is 1.25. The van der Waals surface area contributed by atoms with Crippen molar-refractivity contribution in [1.82, 2.24) is 4.98 Å². The Morgan fingerprint density at radius 2 is 1.72 bits per heavy atom. The summed E-state index contributed by atoms with van der Waals surface area (Å²) in [6, 6.07) is 3.34. The minimum absolute atomic E-state index is 0.305. The van der Waals surface area contributed by atoms with Gasteiger partial charge in [-0.2, -0.15) is 0 Å². The van der Waals surface area contributed by atoms with Crippen molar-refractivity contribution < 1.29 is 14.3 Å². The van der Waals surface area contributed by atoms with Crippen molar-refractivity contribution in [3.8, 4) is 5.88 Å². The fraction of sp³-hybridized carbons (Fsp3) is 0.571. The Labute approximate surface area is 108 Å². The SMILES string of the molecule is CC(C)(C)OC(=O)c1cccnc1OC(C)(C)C. The molecule has 18 heavy (non-hydrogen) atoms. The number of pyridine rings is 1. The first-order chi connectivity index (χ1) is 8.08. The number of hydrogen-bond acceptors (Lipinski definition) is 4. The monoisotopic (exact) mass is 251 g/mol. The van der Waals surface area contributed by atoms with E-state index >= 15 is 0 Å². The maximum atomic E-state index is 12.0. The van der Waals surface area contributed by atoms with Gasteiger partial charge < -0.3 is 9.47 Å². The van der Waals surface area contributed by atoms with Crippen molar-refractivity contribution >= 4 is 5.97 Å². The van der Waals surface area contributed by atoms with Gasteiger partial charge in [-0.15, -0.1) is 0 Å². The van der Waals surface area contributed by atoms with Crippen LogP contribution in [0.3, 0.4) is 0 Å². The average molecular weight is 251 g/mol. The maximum Gasteiger partial charge on any atom is 0.344 e. The topological polar surface area (TPSA) is 48.4 Å². The Morgan fingerprint density at radius 3 is 2.22 bits per heavy atom. The van der Waals surface area contributed by atoms with Crippen molar-refractivity contribution in [2.45, 2.75) is 52.7 Å². The predicted octanol–water partition coefficient (Wildman–Crippen LogP) is 3.21. The van der Waals surface area contributed by atoms with E-state index in [-0.39, 0.29) is 0 Å². The zero-order valence-electron chi connectivity index (χ0n) is 11.9. The third-order valence-corrected chi connectivity index (χ3v) is 1.79. The molecule has 0 radical (unpaired) electrons. The Bertz CT molecular complexity index is 427. The number of ether oxygens (including phenoxy) is 2. The number of nitrogens with zero attached hydrogens (tertiary/aromatic N) is 1. The lowest BCUT2D eigenvalue weighted by Gasteiger charge is -2.23. The molecule has 1 rings (SSSR count). The molecule has 0 saturated carbocycles. The molecule has 0 aromatic carbocycles. The molecule has 100 valence electrons. The summed E-state index contributed by atoms with van der Waals surface area (Å²) in [5.41, 5.74) is -0.598. The van der Waals surface area contributed by atoms with Gasteiger partial charge in [-0.25, -0.2) is 9.78 Å². The van der Waals surface area contributed by atoms with Gasteiger partial charge >= 0.3 is 5.97 Å². The molecular formula is C14H21NO3. The van der Waals surface area contributed by atoms with Crippen LogP contribution in [0.15, 0.2) is 18.3 Å². The average Bonchev–Trinajstić information content (AvgIpc) is 2.12. The number of carbonyl (C=O) groups excluding carboxylic acids is 1. The van der Waals surface area contributed by atoms with Crippen LogP contribution in [0.2, 0.25) is 0 Å². The van der Waals surface area contributed by atoms with Gasteiger partial charge in [0, 0.05) is 6.20 Å². The van der Waals surface area contributed by atoms with E-state index in [1.165, 1.54) is 0 Å². The molecule has 0 atom stereocenters. The Morgan fingerprint density at radius 1 is 1.11 bits per heavy atom. The standard InChI is InChI=1S/C14H21NO3/c1-13(2,3)17-11-10(8-7-9-15-11)12(16)18-14(4,5)6/h7-9H,1-6H3. The Kier molecular flexibility index (Phi) is 3.99. The molecule has 0 spiro atoms. The van der Waals surface area contributed by atoms with Crippen molar-refractivity contribution in [1.29, 1.82) is 0 Å². The van der Waals surface area contributed by atoms with Crippen molar-refractivity contribution in [3.05, 3.63) is 23.9 Å². The van der Waals surface area contributed by atoms with E-state index < -0.39 is 17.2 Å². The van der Waals surface area contributed by atoms with Crippen LogP contribution in [-0.2, 0) is 4.74 Å². The Hall–Kier alpha value is -1.58. The minimum Gasteiger partial charge on any atom is -0.471 e. The molecule has 0 fully saturated rings. The largest absolute Gasteiger partial charge is 0.471 e. The molecule has 1 aromatic rings. The third kappa shape index (κ3) is 4.73. The molecule has 0 aliphatic heterocycles. The van der Waals surface area contributed by atoms with Gasteiger partial charge in [0.15, 0.2) is 0 Å². The van der Waals surface area contributed by atoms with E-state index in [0.29, 0.717) is 11.4 Å². The van der Waals surface area contributed by atoms with Gasteiger partial charge in [-0.3, -0.25) is 0 Å². The highest BCUT2D eigenvalue weighted by molar-refractivity contribution is 5.92. The summed E-state index contributed by atoms with van der Waals surface area (Å²) >= 11 is 0. The first-order valence-corrected chi connectivity index (χ1v) is 5.96. The van der Waals surface area contributed by atoms with Crippen LogP contribution in [0.4, 0.5) is 0 Å². The highest BCUT2D eigenvalue weighted by atomic mass is 16.6. The van der Waals surface area contributed by atoms with Gasteiger partial charge in [0.25, 0.3) is 0 Å². The zero-order valence-corrected chi connectivity index (χ0v) is 11.9. The van der Waals surface area contributed by atoms with Crippen LogP contribution in [-0.4, -0.2) is 22.2 Å². The molecule has 0 saturated heterocycles. The predicted molar refractivity (Wildman–Crippen MR) is 69.8 cm³/mol. The highest BCUT2D eigenvalue weighted by Gasteiger charge is 2.24. The number of rotatable bonds is 2. The van der Waals surface area contributed by atoms with Crippen LogP contribution in [0.25, 0.3) is 0 Å². The molecule has 1 heterocycles. The van der Waals surface area contributed by atoms with Crippen LogP contribution in [0.5, 0.6) is 5.88 Å². The van der Waals surface area contributed by atoms with E-state index in [2.05, 4.69) is 4.98 Å². The normalized spacial score (nSPS) is 12.1. The molecule has 0 amide bonds. The lowest BCUT2D eigenvalue weighted by Crippen LogP contribution is -2.27. The summed E-state index contributed by atoms with van der Waals surface area (Å²) in [5.74, 6) is -0.117. The van der Waals surface area contributed by atoms with E-state index in [1.54, 1.807) is 18.3 Å². The van der Waals surface area contributed by atoms with Crippen molar-refractivity contribution in [2.75, 3.05) is 0 Å². The first-order valence-electron chi connectivity index (χ1n) is 5.96. The fourth-order valence-electron chi connectivity index (χ4n) is 1.25. The number of aromatic nitrogens is 1. The van der Waals surface area contributed by atoms with Gasteiger partial charge in [0.05, 0.1) is 0 Å². The summed E-state index contributed by atoms with van der Waals surface area (Å²) < 4.78 is 11.0. The second kappa shape index (κ2) is 4.96. The molecule has 0 N–H and O–H groups in total. The highest BCUT2D eigenvalue weighted by Crippen LogP contribution is 2.22. The summed E-state index contributed by atoms with van der Waals surface area (Å²) in [4.78, 5) is 16.1. The van der Waals surface area contributed by atoms with Crippen LogP contribution in [0.1, 0.15) is 51.9 Å². The molecule has 4 heteroatoms. The maximum absolute atomic E-state index is 12.0. The minimum atomic E-state index is -0.536. The van der Waals surface area contributed by atoms with Gasteiger partial charge in [0.2, 0.25) is 5.88 Å². The lowest BCUT2D eigenvalue weighted by atomic mass is 10.1. The molecular weight excluding hydrogens is 230 g/mol. The van der Waals surface area contributed by atoms with E-state index in [4.69, 9.17) is 9.47 Å². The zero-order chi connectivity index (χ0) is 14.0. The van der Waals surface area contributed by atoms with E-state index in [1.807, 2.05) is 41.5 Å². The van der Waals surface area contributed by atoms with E-state index in [0.717, 1.165) is 0 Å². The number of esters is 1. The van der Waals surface area contributed by atoms with Gasteiger partial charge in [0.1, 0.15) is 16.8 Å². The summed E-state index contributed by atoms with van der Waals surface area (Å²) in [7, 11) is 0. The quantitative estimate of drug-likeness (QED) is 0.757. The van der Waals surface area contributed by atoms with Crippen molar-refractivity contribution in [2.24, 2.45) is 0 Å². The summed E-state index contributed by atoms with van der Waals surface area (Å²) in [5, 5.41) is 0. The first kappa shape index (κ1) is 14.5. The molecule has 0 bridgehead atoms. The Balaban J connectivity index is 2.99. The molecule has 0 aliphatic rings.